The zero-order valence-electron chi connectivity index (χ0n) is 28.8. The number of imide groups is 1. The van der Waals surface area contributed by atoms with Crippen LogP contribution in [0.2, 0.25) is 0 Å². The third-order valence-electron chi connectivity index (χ3n) is 10.2. The fourth-order valence-electron chi connectivity index (χ4n) is 7.08. The Morgan fingerprint density at radius 3 is 2.18 bits per heavy atom. The maximum Gasteiger partial charge on any atom is 0.270 e. The number of rotatable bonds is 10. The number of nitrogens with one attached hydrogen (secondary N) is 2. The Morgan fingerprint density at radius 1 is 0.902 bits per heavy atom. The summed E-state index contributed by atoms with van der Waals surface area (Å²) in [6, 6.07) is 17.7. The van der Waals surface area contributed by atoms with E-state index in [9.17, 15) is 14.4 Å². The van der Waals surface area contributed by atoms with Crippen molar-refractivity contribution in [3.63, 3.8) is 0 Å². The van der Waals surface area contributed by atoms with Crippen molar-refractivity contribution in [2.75, 3.05) is 11.4 Å². The summed E-state index contributed by atoms with van der Waals surface area (Å²) in [5.74, 6) is -0.359. The summed E-state index contributed by atoms with van der Waals surface area (Å²) in [5, 5.41) is 17.2. The number of hydrogen-bond donors (Lipinski definition) is 5. The van der Waals surface area contributed by atoms with Crippen LogP contribution in [0.3, 0.4) is 0 Å². The number of aromatic amines is 1. The lowest BCUT2D eigenvalue weighted by Gasteiger charge is -2.32. The molecule has 270 valence electrons. The SMILES string of the molecule is Cc1nc(C(=O)NC2CCC(N)CC2)ccc1-c1ccc(C[C@H](N)C(=O)N(C(=O)C2CCC(CN)CC2)c2ccc(-c3nn[nH]n3)cc2)cc1.Cl. The van der Waals surface area contributed by atoms with Crippen LogP contribution in [0.15, 0.2) is 60.7 Å². The number of aromatic nitrogens is 5. The molecule has 3 amide bonds. The molecule has 2 fully saturated rings. The number of amides is 3. The second kappa shape index (κ2) is 17.1. The van der Waals surface area contributed by atoms with E-state index in [0.717, 1.165) is 60.9 Å². The molecule has 6 rings (SSSR count). The molecule has 2 aromatic heterocycles. The van der Waals surface area contributed by atoms with Gasteiger partial charge in [-0.2, -0.15) is 5.21 Å². The number of carbonyl (C=O) groups is 3. The molecule has 0 radical (unpaired) electrons. The van der Waals surface area contributed by atoms with E-state index >= 15 is 0 Å². The Hall–Kier alpha value is -4.56. The van der Waals surface area contributed by atoms with E-state index in [1.54, 1.807) is 30.3 Å². The number of benzene rings is 2. The number of anilines is 1. The Bertz CT molecular complexity index is 1770. The highest BCUT2D eigenvalue weighted by atomic mass is 35.5. The van der Waals surface area contributed by atoms with Crippen LogP contribution in [0, 0.1) is 18.8 Å². The average molecular weight is 715 g/mol. The van der Waals surface area contributed by atoms with Crippen LogP contribution in [-0.2, 0) is 16.0 Å². The van der Waals surface area contributed by atoms with Crippen molar-refractivity contribution in [2.24, 2.45) is 29.0 Å². The number of tetrazole rings is 1. The summed E-state index contributed by atoms with van der Waals surface area (Å²) < 4.78 is 0. The summed E-state index contributed by atoms with van der Waals surface area (Å²) >= 11 is 0. The molecule has 0 spiro atoms. The summed E-state index contributed by atoms with van der Waals surface area (Å²) in [5.41, 5.74) is 23.4. The maximum absolute atomic E-state index is 14.0. The topological polar surface area (TPSA) is 212 Å². The number of aryl methyl sites for hydroxylation is 1. The van der Waals surface area contributed by atoms with E-state index in [0.29, 0.717) is 48.1 Å². The standard InChI is InChI=1S/C37H46N10O3.ClH/c1-22-31(18-19-33(41-22)35(48)42-29-14-12-28(39)13-15-29)25-6-2-23(3-7-25)20-32(40)37(50)47(36(49)27-8-4-24(21-38)5-9-27)30-16-10-26(11-17-30)34-43-45-46-44-34;/h2-3,6-7,10-11,16-19,24,27-29,32H,4-5,8-9,12-15,20-21,38-40H2,1H3,(H,42,48)(H,43,44,45,46);1H/t24?,27?,28?,29?,32-;/m0./s1. The molecule has 8 N–H and O–H groups in total. The molecule has 2 aromatic carbocycles. The van der Waals surface area contributed by atoms with Crippen LogP contribution in [-0.4, -0.2) is 68.0 Å². The van der Waals surface area contributed by atoms with Gasteiger partial charge < -0.3 is 22.5 Å². The van der Waals surface area contributed by atoms with Gasteiger partial charge in [0.05, 0.1) is 11.7 Å². The van der Waals surface area contributed by atoms with Gasteiger partial charge in [-0.3, -0.25) is 14.4 Å². The molecule has 0 saturated heterocycles. The number of nitrogens with two attached hydrogens (primary N) is 3. The molecule has 14 heteroatoms. The van der Waals surface area contributed by atoms with Gasteiger partial charge in [-0.05, 0) is 124 Å². The van der Waals surface area contributed by atoms with Crippen LogP contribution in [0.25, 0.3) is 22.5 Å². The van der Waals surface area contributed by atoms with E-state index in [1.165, 1.54) is 4.90 Å². The highest BCUT2D eigenvalue weighted by Gasteiger charge is 2.35. The predicted molar refractivity (Wildman–Crippen MR) is 198 cm³/mol. The van der Waals surface area contributed by atoms with Gasteiger partial charge in [0.1, 0.15) is 5.69 Å². The third-order valence-corrected chi connectivity index (χ3v) is 10.2. The first-order valence-corrected chi connectivity index (χ1v) is 17.5. The molecule has 0 aliphatic heterocycles. The van der Waals surface area contributed by atoms with Gasteiger partial charge in [-0.25, -0.2) is 9.88 Å². The first kappa shape index (κ1) is 37.7. The molecule has 13 nitrogen and oxygen atoms in total. The van der Waals surface area contributed by atoms with Crippen LogP contribution in [0.4, 0.5) is 5.69 Å². The smallest absolute Gasteiger partial charge is 0.270 e. The molecule has 2 heterocycles. The van der Waals surface area contributed by atoms with Crippen molar-refractivity contribution in [3.05, 3.63) is 77.6 Å². The number of halogens is 1. The third kappa shape index (κ3) is 9.03. The van der Waals surface area contributed by atoms with E-state index in [1.807, 2.05) is 37.3 Å². The molecule has 51 heavy (non-hydrogen) atoms. The number of carbonyl (C=O) groups excluding carboxylic acids is 3. The quantitative estimate of drug-likeness (QED) is 0.160. The summed E-state index contributed by atoms with van der Waals surface area (Å²) in [4.78, 5) is 46.7. The molecule has 4 aromatic rings. The predicted octanol–water partition coefficient (Wildman–Crippen LogP) is 3.85. The largest absolute Gasteiger partial charge is 0.348 e. The fourth-order valence-corrected chi connectivity index (χ4v) is 7.08. The lowest BCUT2D eigenvalue weighted by Crippen LogP contribution is -2.50. The van der Waals surface area contributed by atoms with E-state index < -0.39 is 11.9 Å². The second-order valence-electron chi connectivity index (χ2n) is 13.7. The monoisotopic (exact) mass is 714 g/mol. The van der Waals surface area contributed by atoms with Gasteiger partial charge in [0.2, 0.25) is 11.7 Å². The van der Waals surface area contributed by atoms with E-state index in [4.69, 9.17) is 17.2 Å². The van der Waals surface area contributed by atoms with Crippen molar-refractivity contribution in [3.8, 4) is 22.5 Å². The summed E-state index contributed by atoms with van der Waals surface area (Å²) in [6.45, 7) is 2.48. The van der Waals surface area contributed by atoms with Crippen molar-refractivity contribution < 1.29 is 14.4 Å². The Labute approximate surface area is 303 Å². The van der Waals surface area contributed by atoms with Crippen molar-refractivity contribution in [1.82, 2.24) is 30.9 Å². The van der Waals surface area contributed by atoms with Gasteiger partial charge in [-0.15, -0.1) is 22.6 Å². The van der Waals surface area contributed by atoms with Crippen LogP contribution in [0.1, 0.15) is 73.1 Å². The van der Waals surface area contributed by atoms with Crippen LogP contribution < -0.4 is 27.4 Å². The van der Waals surface area contributed by atoms with Gasteiger partial charge >= 0.3 is 0 Å². The highest BCUT2D eigenvalue weighted by molar-refractivity contribution is 6.17. The van der Waals surface area contributed by atoms with E-state index in [2.05, 4.69) is 30.9 Å². The fraction of sp³-hybridized carbons (Fsp3) is 0.432. The van der Waals surface area contributed by atoms with Crippen molar-refractivity contribution in [1.29, 1.82) is 0 Å². The zero-order valence-corrected chi connectivity index (χ0v) is 29.6. The number of hydrogen-bond acceptors (Lipinski definition) is 10. The molecule has 2 aliphatic rings. The minimum absolute atomic E-state index is 0. The Balaban J connectivity index is 0.00000504. The molecule has 1 atom stereocenters. The van der Waals surface area contributed by atoms with Gasteiger partial charge in [-0.1, -0.05) is 30.3 Å². The number of H-pyrrole nitrogens is 1. The van der Waals surface area contributed by atoms with Crippen molar-refractivity contribution in [2.45, 2.75) is 82.8 Å². The number of pyridine rings is 1. The van der Waals surface area contributed by atoms with Gasteiger partial charge in [0, 0.05) is 34.8 Å². The lowest BCUT2D eigenvalue weighted by molar-refractivity contribution is -0.130. The first-order valence-electron chi connectivity index (χ1n) is 17.5. The van der Waals surface area contributed by atoms with E-state index in [-0.39, 0.29) is 48.6 Å². The molecule has 0 bridgehead atoms. The number of nitrogens with zero attached hydrogens (tertiary/aromatic N) is 5. The van der Waals surface area contributed by atoms with Crippen LogP contribution in [0.5, 0.6) is 0 Å². The normalized spacial score (nSPS) is 20.9. The average Bonchev–Trinajstić information content (AvgIpc) is 3.69. The zero-order chi connectivity index (χ0) is 35.2. The lowest BCUT2D eigenvalue weighted by atomic mass is 9.81. The summed E-state index contributed by atoms with van der Waals surface area (Å²) in [7, 11) is 0. The minimum Gasteiger partial charge on any atom is -0.348 e. The Morgan fingerprint density at radius 2 is 1.57 bits per heavy atom. The second-order valence-corrected chi connectivity index (χ2v) is 13.7. The summed E-state index contributed by atoms with van der Waals surface area (Å²) in [6.07, 6.45) is 6.89. The molecular formula is C37H47ClN10O3. The first-order chi connectivity index (χ1) is 24.2. The molecule has 0 unspecified atom stereocenters. The minimum atomic E-state index is -0.955. The molecule has 2 saturated carbocycles. The molecular weight excluding hydrogens is 668 g/mol. The van der Waals surface area contributed by atoms with Gasteiger partial charge in [0.15, 0.2) is 0 Å². The molecule has 2 aliphatic carbocycles. The van der Waals surface area contributed by atoms with Crippen LogP contribution >= 0.6 is 12.4 Å². The Kier molecular flexibility index (Phi) is 12.6. The highest BCUT2D eigenvalue weighted by Crippen LogP contribution is 2.32. The van der Waals surface area contributed by atoms with Gasteiger partial charge in [0.25, 0.3) is 11.8 Å². The van der Waals surface area contributed by atoms with Crippen molar-refractivity contribution >= 4 is 35.8 Å². The maximum atomic E-state index is 14.0.